The van der Waals surface area contributed by atoms with Crippen molar-refractivity contribution in [3.63, 3.8) is 0 Å². The first-order chi connectivity index (χ1) is 18.4. The first-order valence-electron chi connectivity index (χ1n) is 13.4. The molecule has 0 aliphatic rings. The van der Waals surface area contributed by atoms with E-state index in [0.29, 0.717) is 0 Å². The summed E-state index contributed by atoms with van der Waals surface area (Å²) in [5.74, 6) is 0. The van der Waals surface area contributed by atoms with Crippen molar-refractivity contribution >= 4 is 10.9 Å². The highest BCUT2D eigenvalue weighted by Crippen LogP contribution is 2.20. The van der Waals surface area contributed by atoms with Crippen molar-refractivity contribution in [3.8, 4) is 0 Å². The molecule has 5 rings (SSSR count). The van der Waals surface area contributed by atoms with Crippen molar-refractivity contribution in [2.45, 2.75) is 105 Å². The minimum atomic E-state index is -0.0451. The zero-order valence-electron chi connectivity index (χ0n) is 26.3. The van der Waals surface area contributed by atoms with Gasteiger partial charge in [0.25, 0.3) is 0 Å². The number of hydrogen-bond donors (Lipinski definition) is 0. The van der Waals surface area contributed by atoms with Crippen LogP contribution in [0.4, 0.5) is 0 Å². The summed E-state index contributed by atoms with van der Waals surface area (Å²) < 4.78 is 5.82. The third-order valence-corrected chi connectivity index (χ3v) is 5.36. The van der Waals surface area contributed by atoms with Gasteiger partial charge >= 0.3 is 0 Å². The molecule has 0 unspecified atom stereocenters. The Balaban J connectivity index is 0.000000190. The molecule has 5 aromatic rings. The fraction of sp³-hybridized carbons (Fsp3) is 0.552. The van der Waals surface area contributed by atoms with Crippen LogP contribution >= 0.6 is 0 Å². The van der Waals surface area contributed by atoms with E-state index in [9.17, 15) is 0 Å². The highest BCUT2D eigenvalue weighted by molar-refractivity contribution is 5.78. The van der Waals surface area contributed by atoms with E-state index in [-0.39, 0.29) is 22.2 Å². The highest BCUT2D eigenvalue weighted by Gasteiger charge is 2.16. The zero-order chi connectivity index (χ0) is 30.2. The molecule has 0 N–H and O–H groups in total. The molecule has 11 nitrogen and oxygen atoms in total. The van der Waals surface area contributed by atoms with Crippen LogP contribution in [0.1, 0.15) is 83.1 Å². The van der Waals surface area contributed by atoms with Gasteiger partial charge in [-0.3, -0.25) is 9.36 Å². The van der Waals surface area contributed by atoms with Gasteiger partial charge in [-0.15, -0.1) is 15.3 Å². The molecule has 0 aliphatic heterocycles. The van der Waals surface area contributed by atoms with Crippen molar-refractivity contribution in [1.82, 2.24) is 54.8 Å². The Kier molecular flexibility index (Phi) is 10.5. The van der Waals surface area contributed by atoms with Crippen LogP contribution in [0.15, 0.2) is 67.6 Å². The molecule has 0 amide bonds. The molecule has 4 aromatic heterocycles. The van der Waals surface area contributed by atoms with Gasteiger partial charge in [0.05, 0.1) is 40.1 Å². The standard InChI is InChI=1S/C11H14N2.C7H12N2.C6H11N3.C5H10N4/c1-11(2,3)13-10-7-5-4-6-9(10)8-12-13;1-7(2,3)9-6-4-5-8-9;1-6(2,3)9-5-4-7-8-9;1-5(2,3)9-7-4-6-8-9/h4-8H,1-3H3;4-6H,1-3H3;4-5H,1-3H3;4H,1-3H3. The van der Waals surface area contributed by atoms with Gasteiger partial charge in [-0.2, -0.15) is 15.0 Å². The highest BCUT2D eigenvalue weighted by atomic mass is 15.6. The SMILES string of the molecule is CC(C)(C)n1cccn1.CC(C)(C)n1ccnn1.CC(C)(C)n1ncc2ccccc21.CC(C)(C)n1ncnn1. The molecule has 0 fully saturated rings. The van der Waals surface area contributed by atoms with E-state index >= 15 is 0 Å². The van der Waals surface area contributed by atoms with Crippen LogP contribution in [-0.4, -0.2) is 54.8 Å². The molecule has 0 saturated heterocycles. The predicted molar refractivity (Wildman–Crippen MR) is 160 cm³/mol. The van der Waals surface area contributed by atoms with Crippen molar-refractivity contribution in [2.75, 3.05) is 0 Å². The van der Waals surface area contributed by atoms with E-state index in [1.807, 2.05) is 66.9 Å². The van der Waals surface area contributed by atoms with Crippen LogP contribution in [0.2, 0.25) is 0 Å². The van der Waals surface area contributed by atoms with E-state index in [2.05, 4.69) is 115 Å². The lowest BCUT2D eigenvalue weighted by atomic mass is 10.1. The van der Waals surface area contributed by atoms with Crippen molar-refractivity contribution in [2.24, 2.45) is 0 Å². The molecular weight excluding hydrogens is 502 g/mol. The Hall–Kier alpha value is -3.89. The van der Waals surface area contributed by atoms with Crippen LogP contribution in [-0.2, 0) is 22.2 Å². The largest absolute Gasteiger partial charge is 0.268 e. The molecule has 4 heterocycles. The minimum absolute atomic E-state index is 0.0451. The number of nitrogens with zero attached hydrogens (tertiary/aromatic N) is 11. The van der Waals surface area contributed by atoms with E-state index in [1.54, 1.807) is 17.2 Å². The molecule has 40 heavy (non-hydrogen) atoms. The smallest absolute Gasteiger partial charge is 0.162 e. The van der Waals surface area contributed by atoms with Gasteiger partial charge in [0, 0.05) is 24.0 Å². The number of fused-ring (bicyclic) bond motifs is 1. The molecule has 0 spiro atoms. The fourth-order valence-corrected chi connectivity index (χ4v) is 3.21. The summed E-state index contributed by atoms with van der Waals surface area (Å²) in [5, 5.41) is 28.5. The Labute approximate surface area is 238 Å². The molecule has 11 heteroatoms. The van der Waals surface area contributed by atoms with Gasteiger partial charge < -0.3 is 0 Å². The lowest BCUT2D eigenvalue weighted by Crippen LogP contribution is -2.24. The lowest BCUT2D eigenvalue weighted by molar-refractivity contribution is 0.306. The van der Waals surface area contributed by atoms with Crippen LogP contribution in [0.25, 0.3) is 10.9 Å². The number of rotatable bonds is 0. The van der Waals surface area contributed by atoms with Gasteiger partial charge in [-0.05, 0) is 100 Å². The Morgan fingerprint density at radius 1 is 0.550 bits per heavy atom. The second kappa shape index (κ2) is 13.0. The number of hydrogen-bond acceptors (Lipinski definition) is 7. The topological polar surface area (TPSA) is 110 Å². The number of para-hydroxylation sites is 1. The summed E-state index contributed by atoms with van der Waals surface area (Å²) >= 11 is 0. The molecule has 0 bridgehead atoms. The molecule has 0 atom stereocenters. The van der Waals surface area contributed by atoms with E-state index < -0.39 is 0 Å². The number of tetrazole rings is 1. The summed E-state index contributed by atoms with van der Waals surface area (Å²) in [5.41, 5.74) is 1.41. The van der Waals surface area contributed by atoms with Crippen LogP contribution < -0.4 is 0 Å². The second-order valence-corrected chi connectivity index (χ2v) is 13.3. The average Bonchev–Trinajstić information content (AvgIpc) is 3.64. The zero-order valence-corrected chi connectivity index (χ0v) is 26.3. The summed E-state index contributed by atoms with van der Waals surface area (Å²) in [4.78, 5) is 1.58. The maximum atomic E-state index is 4.38. The normalized spacial score (nSPS) is 12.0. The summed E-state index contributed by atoms with van der Waals surface area (Å²) in [7, 11) is 0. The summed E-state index contributed by atoms with van der Waals surface area (Å²) in [6.07, 6.45) is 10.7. The van der Waals surface area contributed by atoms with Crippen LogP contribution in [0, 0.1) is 0 Å². The summed E-state index contributed by atoms with van der Waals surface area (Å²) in [6.45, 7) is 25.2. The minimum Gasteiger partial charge on any atom is -0.268 e. The van der Waals surface area contributed by atoms with Gasteiger partial charge in [0.15, 0.2) is 6.33 Å². The Morgan fingerprint density at radius 3 is 1.57 bits per heavy atom. The van der Waals surface area contributed by atoms with Crippen molar-refractivity contribution < 1.29 is 0 Å². The van der Waals surface area contributed by atoms with Crippen molar-refractivity contribution in [3.05, 3.63) is 67.6 Å². The quantitative estimate of drug-likeness (QED) is 0.237. The monoisotopic (exact) mass is 549 g/mol. The van der Waals surface area contributed by atoms with Gasteiger partial charge in [-0.1, -0.05) is 23.4 Å². The maximum Gasteiger partial charge on any atom is 0.162 e. The van der Waals surface area contributed by atoms with Crippen molar-refractivity contribution in [1.29, 1.82) is 0 Å². The van der Waals surface area contributed by atoms with E-state index in [4.69, 9.17) is 0 Å². The van der Waals surface area contributed by atoms with Crippen LogP contribution in [0.5, 0.6) is 0 Å². The molecule has 0 radical (unpaired) electrons. The average molecular weight is 550 g/mol. The Bertz CT molecular complexity index is 1250. The maximum absolute atomic E-state index is 4.38. The van der Waals surface area contributed by atoms with Gasteiger partial charge in [0.1, 0.15) is 0 Å². The van der Waals surface area contributed by atoms with Gasteiger partial charge in [-0.25, -0.2) is 4.68 Å². The molecule has 1 aromatic carbocycles. The third-order valence-electron chi connectivity index (χ3n) is 5.36. The molecule has 218 valence electrons. The molecule has 0 saturated carbocycles. The van der Waals surface area contributed by atoms with Crippen LogP contribution in [0.3, 0.4) is 0 Å². The van der Waals surface area contributed by atoms with E-state index in [1.165, 1.54) is 17.2 Å². The lowest BCUT2D eigenvalue weighted by Gasteiger charge is -2.20. The Morgan fingerprint density at radius 2 is 1.20 bits per heavy atom. The predicted octanol–water partition coefficient (Wildman–Crippen LogP) is 5.89. The first kappa shape index (κ1) is 32.3. The summed E-state index contributed by atoms with van der Waals surface area (Å²) in [6, 6.07) is 10.2. The number of aromatic nitrogens is 11. The molecular formula is C29H47N11. The molecule has 0 aliphatic carbocycles. The third kappa shape index (κ3) is 10.0. The second-order valence-electron chi connectivity index (χ2n) is 13.3. The number of benzene rings is 1. The first-order valence-corrected chi connectivity index (χ1v) is 13.4. The van der Waals surface area contributed by atoms with E-state index in [0.717, 1.165) is 0 Å². The fourth-order valence-electron chi connectivity index (χ4n) is 3.21. The van der Waals surface area contributed by atoms with Gasteiger partial charge in [0.2, 0.25) is 0 Å².